The van der Waals surface area contributed by atoms with Crippen LogP contribution < -0.4 is 5.32 Å². The molecule has 9 heteroatoms. The fraction of sp³-hybridized carbons (Fsp3) is 0.312. The lowest BCUT2D eigenvalue weighted by Crippen LogP contribution is -2.43. The minimum Gasteiger partial charge on any atom is -0.321 e. The van der Waals surface area contributed by atoms with E-state index in [1.807, 2.05) is 0 Å². The molecule has 1 aromatic carbocycles. The summed E-state index contributed by atoms with van der Waals surface area (Å²) in [5, 5.41) is 3.92. The van der Waals surface area contributed by atoms with Crippen molar-refractivity contribution in [3.05, 3.63) is 47.3 Å². The average Bonchev–Trinajstić information content (AvgIpc) is 3.14. The van der Waals surface area contributed by atoms with Crippen molar-refractivity contribution >= 4 is 33.0 Å². The van der Waals surface area contributed by atoms with Crippen LogP contribution in [0.2, 0.25) is 0 Å². The number of carbonyl (C=O) groups is 1. The quantitative estimate of drug-likeness (QED) is 0.878. The van der Waals surface area contributed by atoms with Crippen molar-refractivity contribution in [3.8, 4) is 0 Å². The summed E-state index contributed by atoms with van der Waals surface area (Å²) in [6, 6.07) is 6.46. The van der Waals surface area contributed by atoms with Gasteiger partial charge in [-0.05, 0) is 36.4 Å². The maximum absolute atomic E-state index is 13.7. The molecule has 0 unspecified atom stereocenters. The number of para-hydroxylation sites is 1. The molecular weight excluding hydrogens is 370 g/mol. The van der Waals surface area contributed by atoms with Crippen LogP contribution in [0.5, 0.6) is 0 Å². The van der Waals surface area contributed by atoms with Gasteiger partial charge in [0.2, 0.25) is 5.91 Å². The number of halogens is 2. The second-order valence-corrected chi connectivity index (χ2v) is 8.83. The largest absolute Gasteiger partial charge is 0.321 e. The molecule has 1 aliphatic rings. The van der Waals surface area contributed by atoms with Gasteiger partial charge in [-0.25, -0.2) is 17.2 Å². The lowest BCUT2D eigenvalue weighted by molar-refractivity contribution is -0.120. The third kappa shape index (κ3) is 3.73. The number of benzene rings is 1. The van der Waals surface area contributed by atoms with E-state index < -0.39 is 39.2 Å². The van der Waals surface area contributed by atoms with Gasteiger partial charge >= 0.3 is 0 Å². The molecule has 0 radical (unpaired) electrons. The first kappa shape index (κ1) is 18.0. The van der Waals surface area contributed by atoms with Crippen LogP contribution in [0.1, 0.15) is 12.8 Å². The van der Waals surface area contributed by atoms with Crippen molar-refractivity contribution in [1.82, 2.24) is 4.31 Å². The third-order valence-electron chi connectivity index (χ3n) is 4.06. The van der Waals surface area contributed by atoms with E-state index in [-0.39, 0.29) is 10.8 Å². The van der Waals surface area contributed by atoms with Crippen LogP contribution in [0.15, 0.2) is 39.9 Å². The molecule has 0 aliphatic carbocycles. The zero-order valence-corrected chi connectivity index (χ0v) is 14.7. The number of nitrogens with zero attached hydrogens (tertiary/aromatic N) is 1. The molecule has 1 aromatic heterocycles. The zero-order chi connectivity index (χ0) is 18.0. The van der Waals surface area contributed by atoms with Crippen molar-refractivity contribution in [2.45, 2.75) is 17.1 Å². The van der Waals surface area contributed by atoms with E-state index in [0.29, 0.717) is 19.4 Å². The van der Waals surface area contributed by atoms with Crippen molar-refractivity contribution in [2.75, 3.05) is 18.4 Å². The SMILES string of the molecule is O=C(Nc1c(F)cccc1F)[C@H]1CCCN(S(=O)(=O)c2cccs2)C1. The van der Waals surface area contributed by atoms with Crippen molar-refractivity contribution < 1.29 is 22.0 Å². The van der Waals surface area contributed by atoms with Crippen molar-refractivity contribution in [2.24, 2.45) is 5.92 Å². The summed E-state index contributed by atoms with van der Waals surface area (Å²) >= 11 is 1.11. The molecule has 0 bridgehead atoms. The molecule has 0 saturated carbocycles. The standard InChI is InChI=1S/C16H16F2N2O3S2/c17-12-5-1-6-13(18)15(12)19-16(21)11-4-2-8-20(10-11)25(22,23)14-7-3-9-24-14/h1,3,5-7,9,11H,2,4,8,10H2,(H,19,21)/t11-/m0/s1. The number of piperidine rings is 1. The van der Waals surface area contributed by atoms with Gasteiger partial charge < -0.3 is 5.32 Å². The first-order valence-corrected chi connectivity index (χ1v) is 10.00. The molecule has 3 rings (SSSR count). The summed E-state index contributed by atoms with van der Waals surface area (Å²) < 4.78 is 53.9. The number of rotatable bonds is 4. The zero-order valence-electron chi connectivity index (χ0n) is 13.1. The summed E-state index contributed by atoms with van der Waals surface area (Å²) in [5.74, 6) is -2.99. The number of nitrogens with one attached hydrogen (secondary N) is 1. The number of sulfonamides is 1. The Bertz CT molecular complexity index is 849. The van der Waals surface area contributed by atoms with Gasteiger partial charge in [-0.1, -0.05) is 12.1 Å². The highest BCUT2D eigenvalue weighted by molar-refractivity contribution is 7.91. The van der Waals surface area contributed by atoms with Crippen LogP contribution in [-0.4, -0.2) is 31.7 Å². The molecule has 2 aromatic rings. The Balaban J connectivity index is 1.74. The summed E-state index contributed by atoms with van der Waals surface area (Å²) in [6.45, 7) is 0.306. The van der Waals surface area contributed by atoms with Gasteiger partial charge in [0, 0.05) is 13.1 Å². The Hall–Kier alpha value is -1.84. The highest BCUT2D eigenvalue weighted by Crippen LogP contribution is 2.27. The molecule has 134 valence electrons. The van der Waals surface area contributed by atoms with Crippen molar-refractivity contribution in [3.63, 3.8) is 0 Å². The summed E-state index contributed by atoms with van der Waals surface area (Å²) in [7, 11) is -3.65. The second-order valence-electron chi connectivity index (χ2n) is 5.72. The first-order chi connectivity index (χ1) is 11.9. The first-order valence-electron chi connectivity index (χ1n) is 7.68. The molecule has 1 saturated heterocycles. The fourth-order valence-corrected chi connectivity index (χ4v) is 5.42. The molecule has 1 amide bonds. The highest BCUT2D eigenvalue weighted by Gasteiger charge is 2.34. The Morgan fingerprint density at radius 1 is 1.20 bits per heavy atom. The predicted molar refractivity (Wildman–Crippen MR) is 90.8 cm³/mol. The molecule has 0 spiro atoms. The number of hydrogen-bond acceptors (Lipinski definition) is 4. The minimum atomic E-state index is -3.65. The number of amides is 1. The molecule has 1 N–H and O–H groups in total. The summed E-state index contributed by atoms with van der Waals surface area (Å²) in [4.78, 5) is 12.4. The Morgan fingerprint density at radius 2 is 1.92 bits per heavy atom. The summed E-state index contributed by atoms with van der Waals surface area (Å²) in [6.07, 6.45) is 0.959. The molecule has 25 heavy (non-hydrogen) atoms. The smallest absolute Gasteiger partial charge is 0.252 e. The summed E-state index contributed by atoms with van der Waals surface area (Å²) in [5.41, 5.74) is -0.509. The van der Waals surface area contributed by atoms with Crippen LogP contribution in [0, 0.1) is 17.6 Å². The van der Waals surface area contributed by atoms with Crippen LogP contribution in [-0.2, 0) is 14.8 Å². The van der Waals surface area contributed by atoms with Crippen LogP contribution in [0.3, 0.4) is 0 Å². The number of hydrogen-bond donors (Lipinski definition) is 1. The van der Waals surface area contributed by atoms with Crippen molar-refractivity contribution in [1.29, 1.82) is 0 Å². The topological polar surface area (TPSA) is 66.5 Å². The van der Waals surface area contributed by atoms with Gasteiger partial charge in [-0.15, -0.1) is 11.3 Å². The predicted octanol–water partition coefficient (Wildman–Crippen LogP) is 3.07. The second kappa shape index (κ2) is 7.19. The van der Waals surface area contributed by atoms with Gasteiger partial charge in [-0.2, -0.15) is 4.31 Å². The maximum Gasteiger partial charge on any atom is 0.252 e. The van der Waals surface area contributed by atoms with E-state index >= 15 is 0 Å². The Morgan fingerprint density at radius 3 is 2.56 bits per heavy atom. The average molecular weight is 386 g/mol. The number of anilines is 1. The number of thiophene rings is 1. The molecule has 5 nitrogen and oxygen atoms in total. The van der Waals surface area contributed by atoms with Gasteiger partial charge in [0.05, 0.1) is 5.92 Å². The fourth-order valence-electron chi connectivity index (χ4n) is 2.75. The van der Waals surface area contributed by atoms with E-state index in [2.05, 4.69) is 5.32 Å². The normalized spacial score (nSPS) is 18.9. The molecule has 1 fully saturated rings. The van der Waals surface area contributed by atoms with Crippen LogP contribution in [0.4, 0.5) is 14.5 Å². The minimum absolute atomic E-state index is 0.0118. The Labute approximate surface area is 148 Å². The number of carbonyl (C=O) groups excluding carboxylic acids is 1. The molecule has 1 atom stereocenters. The van der Waals surface area contributed by atoms with Gasteiger partial charge in [0.1, 0.15) is 21.5 Å². The molecule has 1 aliphatic heterocycles. The van der Waals surface area contributed by atoms with Crippen LogP contribution in [0.25, 0.3) is 0 Å². The lowest BCUT2D eigenvalue weighted by atomic mass is 9.98. The lowest BCUT2D eigenvalue weighted by Gasteiger charge is -2.30. The van der Waals surface area contributed by atoms with E-state index in [0.717, 1.165) is 23.5 Å². The molecular formula is C16H16F2N2O3S2. The van der Waals surface area contributed by atoms with E-state index in [4.69, 9.17) is 0 Å². The monoisotopic (exact) mass is 386 g/mol. The van der Waals surface area contributed by atoms with E-state index in [9.17, 15) is 22.0 Å². The highest BCUT2D eigenvalue weighted by atomic mass is 32.2. The van der Waals surface area contributed by atoms with E-state index in [1.54, 1.807) is 11.4 Å². The van der Waals surface area contributed by atoms with Gasteiger partial charge in [0.25, 0.3) is 10.0 Å². The Kier molecular flexibility index (Phi) is 5.16. The van der Waals surface area contributed by atoms with Gasteiger partial charge in [-0.3, -0.25) is 4.79 Å². The maximum atomic E-state index is 13.7. The van der Waals surface area contributed by atoms with Gasteiger partial charge in [0.15, 0.2) is 0 Å². The van der Waals surface area contributed by atoms with Crippen LogP contribution >= 0.6 is 11.3 Å². The van der Waals surface area contributed by atoms with E-state index in [1.165, 1.54) is 16.4 Å². The molecule has 2 heterocycles. The third-order valence-corrected chi connectivity index (χ3v) is 7.29.